The molecular weight excluding hydrogens is 378 g/mol. The minimum absolute atomic E-state index is 0.0252. The van der Waals surface area contributed by atoms with Crippen LogP contribution in [0.1, 0.15) is 55.6 Å². The summed E-state index contributed by atoms with van der Waals surface area (Å²) in [7, 11) is 1.56. The van der Waals surface area contributed by atoms with Crippen LogP contribution in [-0.4, -0.2) is 50.9 Å². The number of nitrogens with one attached hydrogen (secondary N) is 1. The number of piperidine rings is 1. The third-order valence-corrected chi connectivity index (χ3v) is 5.41. The molecule has 0 bridgehead atoms. The van der Waals surface area contributed by atoms with Gasteiger partial charge in [-0.15, -0.1) is 0 Å². The highest BCUT2D eigenvalue weighted by Crippen LogP contribution is 2.34. The number of carbonyl (C=O) groups is 1. The van der Waals surface area contributed by atoms with E-state index in [1.165, 1.54) is 0 Å². The number of methoxy groups -OCH3 is 1. The van der Waals surface area contributed by atoms with Crippen LogP contribution in [0.15, 0.2) is 42.7 Å². The Kier molecular flexibility index (Phi) is 5.37. The molecule has 7 heteroatoms. The number of amides is 1. The standard InChI is InChI=1S/C23H29N5O2/c1-23(2,3)26-21-20(25-18-7-5-6-12-28(18)21)16-9-13-27(14-10-16)22(29)17-8-11-24-19(15-17)30-4/h5-8,11-12,15-16,26H,9-10,13-14H2,1-4H3. The van der Waals surface area contributed by atoms with E-state index in [9.17, 15) is 4.79 Å². The third-order valence-electron chi connectivity index (χ3n) is 5.41. The van der Waals surface area contributed by atoms with Gasteiger partial charge < -0.3 is 15.0 Å². The Labute approximate surface area is 177 Å². The molecule has 0 saturated carbocycles. The van der Waals surface area contributed by atoms with Crippen LogP contribution in [0.25, 0.3) is 5.65 Å². The molecule has 1 amide bonds. The first-order valence-corrected chi connectivity index (χ1v) is 10.4. The first kappa shape index (κ1) is 20.2. The number of aromatic nitrogens is 3. The molecule has 7 nitrogen and oxygen atoms in total. The van der Waals surface area contributed by atoms with Crippen molar-refractivity contribution in [1.82, 2.24) is 19.3 Å². The van der Waals surface area contributed by atoms with Crippen molar-refractivity contribution in [2.75, 3.05) is 25.5 Å². The van der Waals surface area contributed by atoms with Crippen LogP contribution < -0.4 is 10.1 Å². The van der Waals surface area contributed by atoms with E-state index in [-0.39, 0.29) is 11.4 Å². The SMILES string of the molecule is COc1cc(C(=O)N2CCC(c3nc4ccccn4c3NC(C)(C)C)CC2)ccn1. The van der Waals surface area contributed by atoms with E-state index in [2.05, 4.69) is 41.7 Å². The highest BCUT2D eigenvalue weighted by molar-refractivity contribution is 5.94. The van der Waals surface area contributed by atoms with Crippen molar-refractivity contribution >= 4 is 17.4 Å². The Hall–Kier alpha value is -3.09. The second-order valence-electron chi connectivity index (χ2n) is 8.80. The molecule has 30 heavy (non-hydrogen) atoms. The fourth-order valence-electron chi connectivity index (χ4n) is 3.97. The molecule has 3 aromatic heterocycles. The first-order chi connectivity index (χ1) is 14.4. The van der Waals surface area contributed by atoms with Crippen LogP contribution in [0.2, 0.25) is 0 Å². The lowest BCUT2D eigenvalue weighted by Gasteiger charge is -2.32. The van der Waals surface area contributed by atoms with Crippen LogP contribution in [0.4, 0.5) is 5.82 Å². The molecule has 0 radical (unpaired) electrons. The molecule has 0 atom stereocenters. The number of ether oxygens (including phenoxy) is 1. The number of rotatable bonds is 4. The number of hydrogen-bond acceptors (Lipinski definition) is 5. The zero-order chi connectivity index (χ0) is 21.3. The molecule has 0 spiro atoms. The number of nitrogens with zero attached hydrogens (tertiary/aromatic N) is 4. The van der Waals surface area contributed by atoms with Crippen molar-refractivity contribution in [1.29, 1.82) is 0 Å². The van der Waals surface area contributed by atoms with Crippen LogP contribution in [0, 0.1) is 0 Å². The number of imidazole rings is 1. The van der Waals surface area contributed by atoms with Crippen molar-refractivity contribution in [3.05, 3.63) is 54.0 Å². The van der Waals surface area contributed by atoms with Crippen molar-refractivity contribution < 1.29 is 9.53 Å². The fourth-order valence-corrected chi connectivity index (χ4v) is 3.97. The largest absolute Gasteiger partial charge is 0.481 e. The Bertz CT molecular complexity index is 1050. The van der Waals surface area contributed by atoms with Crippen LogP contribution in [0.5, 0.6) is 5.88 Å². The Morgan fingerprint density at radius 3 is 2.67 bits per heavy atom. The molecule has 3 aromatic rings. The first-order valence-electron chi connectivity index (χ1n) is 10.4. The van der Waals surface area contributed by atoms with Gasteiger partial charge in [0.2, 0.25) is 5.88 Å². The Morgan fingerprint density at radius 2 is 1.97 bits per heavy atom. The van der Waals surface area contributed by atoms with Gasteiger partial charge in [-0.05, 0) is 51.8 Å². The number of hydrogen-bond donors (Lipinski definition) is 1. The molecule has 0 aliphatic carbocycles. The molecule has 0 aromatic carbocycles. The topological polar surface area (TPSA) is 71.8 Å². The van der Waals surface area contributed by atoms with Gasteiger partial charge in [0.05, 0.1) is 12.8 Å². The van der Waals surface area contributed by atoms with Gasteiger partial charge in [-0.1, -0.05) is 6.07 Å². The molecule has 1 aliphatic rings. The van der Waals surface area contributed by atoms with Gasteiger partial charge in [0, 0.05) is 48.6 Å². The van der Waals surface area contributed by atoms with Crippen LogP contribution in [-0.2, 0) is 0 Å². The van der Waals surface area contributed by atoms with E-state index >= 15 is 0 Å². The maximum Gasteiger partial charge on any atom is 0.254 e. The summed E-state index contributed by atoms with van der Waals surface area (Å²) in [6, 6.07) is 9.51. The molecule has 0 unspecified atom stereocenters. The molecule has 1 N–H and O–H groups in total. The van der Waals surface area contributed by atoms with E-state index < -0.39 is 0 Å². The lowest BCUT2D eigenvalue weighted by atomic mass is 9.92. The summed E-state index contributed by atoms with van der Waals surface area (Å²) in [6.45, 7) is 7.88. The average Bonchev–Trinajstić information content (AvgIpc) is 3.10. The molecule has 1 saturated heterocycles. The Balaban J connectivity index is 1.53. The van der Waals surface area contributed by atoms with Crippen LogP contribution in [0.3, 0.4) is 0 Å². The maximum absolute atomic E-state index is 12.9. The average molecular weight is 408 g/mol. The molecule has 4 heterocycles. The second kappa shape index (κ2) is 7.97. The smallest absolute Gasteiger partial charge is 0.254 e. The zero-order valence-electron chi connectivity index (χ0n) is 18.1. The monoisotopic (exact) mass is 407 g/mol. The molecule has 4 rings (SSSR count). The van der Waals surface area contributed by atoms with E-state index in [4.69, 9.17) is 9.72 Å². The Morgan fingerprint density at radius 1 is 1.20 bits per heavy atom. The minimum atomic E-state index is -0.0718. The number of fused-ring (bicyclic) bond motifs is 1. The number of likely N-dealkylation sites (tertiary alicyclic amines) is 1. The molecular formula is C23H29N5O2. The summed E-state index contributed by atoms with van der Waals surface area (Å²) < 4.78 is 7.28. The number of pyridine rings is 2. The second-order valence-corrected chi connectivity index (χ2v) is 8.80. The van der Waals surface area contributed by atoms with Crippen molar-refractivity contribution in [3.8, 4) is 5.88 Å². The van der Waals surface area contributed by atoms with Gasteiger partial charge in [-0.3, -0.25) is 9.20 Å². The minimum Gasteiger partial charge on any atom is -0.481 e. The number of anilines is 1. The molecule has 1 fully saturated rings. The zero-order valence-corrected chi connectivity index (χ0v) is 18.1. The maximum atomic E-state index is 12.9. The van der Waals surface area contributed by atoms with E-state index in [0.29, 0.717) is 30.5 Å². The highest BCUT2D eigenvalue weighted by Gasteiger charge is 2.29. The summed E-state index contributed by atoms with van der Waals surface area (Å²) in [5.74, 6) is 1.85. The van der Waals surface area contributed by atoms with Gasteiger partial charge in [-0.2, -0.15) is 0 Å². The molecule has 158 valence electrons. The predicted molar refractivity (Wildman–Crippen MR) is 117 cm³/mol. The van der Waals surface area contributed by atoms with E-state index in [1.807, 2.05) is 23.1 Å². The quantitative estimate of drug-likeness (QED) is 0.709. The molecule has 1 aliphatic heterocycles. The summed E-state index contributed by atoms with van der Waals surface area (Å²) >= 11 is 0. The number of carbonyl (C=O) groups excluding carboxylic acids is 1. The summed E-state index contributed by atoms with van der Waals surface area (Å²) in [5.41, 5.74) is 2.58. The van der Waals surface area contributed by atoms with Crippen molar-refractivity contribution in [2.24, 2.45) is 0 Å². The van der Waals surface area contributed by atoms with Crippen molar-refractivity contribution in [3.63, 3.8) is 0 Å². The van der Waals surface area contributed by atoms with Gasteiger partial charge >= 0.3 is 0 Å². The van der Waals surface area contributed by atoms with Crippen molar-refractivity contribution in [2.45, 2.75) is 45.1 Å². The lowest BCUT2D eigenvalue weighted by Crippen LogP contribution is -2.38. The van der Waals surface area contributed by atoms with E-state index in [0.717, 1.165) is 30.0 Å². The van der Waals surface area contributed by atoms with Crippen LogP contribution >= 0.6 is 0 Å². The summed E-state index contributed by atoms with van der Waals surface area (Å²) in [4.78, 5) is 23.9. The van der Waals surface area contributed by atoms with Gasteiger partial charge in [0.1, 0.15) is 11.5 Å². The van der Waals surface area contributed by atoms with Gasteiger partial charge in [0.25, 0.3) is 5.91 Å². The lowest BCUT2D eigenvalue weighted by molar-refractivity contribution is 0.0712. The summed E-state index contributed by atoms with van der Waals surface area (Å²) in [6.07, 6.45) is 5.43. The predicted octanol–water partition coefficient (Wildman–Crippen LogP) is 3.97. The fraction of sp³-hybridized carbons (Fsp3) is 0.435. The van der Waals surface area contributed by atoms with E-state index in [1.54, 1.807) is 25.4 Å². The summed E-state index contributed by atoms with van der Waals surface area (Å²) in [5, 5.41) is 3.64. The highest BCUT2D eigenvalue weighted by atomic mass is 16.5. The van der Waals surface area contributed by atoms with Gasteiger partial charge in [0.15, 0.2) is 0 Å². The van der Waals surface area contributed by atoms with Gasteiger partial charge in [-0.25, -0.2) is 9.97 Å². The normalized spacial score (nSPS) is 15.4. The third kappa shape index (κ3) is 4.10.